The molecule has 0 radical (unpaired) electrons. The number of aryl methyl sites for hydroxylation is 1. The lowest BCUT2D eigenvalue weighted by atomic mass is 10.0. The fraction of sp³-hybridized carbons (Fsp3) is 0.182. The Labute approximate surface area is 77.5 Å². The van der Waals surface area contributed by atoms with Gasteiger partial charge in [0.1, 0.15) is 5.76 Å². The van der Waals surface area contributed by atoms with Crippen LogP contribution in [0.25, 0.3) is 5.76 Å². The highest BCUT2D eigenvalue weighted by Gasteiger charge is 2.08. The average Bonchev–Trinajstić information content (AvgIpc) is 2.03. The summed E-state index contributed by atoms with van der Waals surface area (Å²) in [5.41, 5.74) is 2.03. The van der Waals surface area contributed by atoms with Gasteiger partial charge >= 0.3 is 0 Å². The Morgan fingerprint density at radius 2 is 2.00 bits per heavy atom. The lowest BCUT2D eigenvalue weighted by molar-refractivity contribution is 0.101. The number of ketones is 1. The second kappa shape index (κ2) is 3.44. The van der Waals surface area contributed by atoms with E-state index in [1.165, 1.54) is 6.92 Å². The Hall–Kier alpha value is -1.57. The minimum absolute atomic E-state index is 0.0612. The van der Waals surface area contributed by atoms with E-state index >= 15 is 0 Å². The summed E-state index contributed by atoms with van der Waals surface area (Å²) in [6, 6.07) is 5.29. The number of aliphatic hydroxyl groups excluding tert-OH is 1. The van der Waals surface area contributed by atoms with Crippen LogP contribution in [0.15, 0.2) is 24.8 Å². The molecule has 0 aliphatic carbocycles. The summed E-state index contributed by atoms with van der Waals surface area (Å²) in [7, 11) is 0. The molecule has 0 spiro atoms. The van der Waals surface area contributed by atoms with Crippen LogP contribution in [-0.2, 0) is 0 Å². The molecule has 1 aromatic carbocycles. The quantitative estimate of drug-likeness (QED) is 0.555. The van der Waals surface area contributed by atoms with Crippen molar-refractivity contribution >= 4 is 11.5 Å². The van der Waals surface area contributed by atoms with Crippen LogP contribution in [0.2, 0.25) is 0 Å². The molecule has 0 aromatic heterocycles. The molecule has 0 saturated heterocycles. The molecule has 0 aliphatic rings. The molecule has 0 aliphatic heterocycles. The minimum atomic E-state index is -0.0646. The van der Waals surface area contributed by atoms with Gasteiger partial charge in [-0.3, -0.25) is 4.79 Å². The fourth-order valence-electron chi connectivity index (χ4n) is 1.20. The zero-order valence-corrected chi connectivity index (χ0v) is 7.79. The highest BCUT2D eigenvalue weighted by Crippen LogP contribution is 2.17. The van der Waals surface area contributed by atoms with Crippen LogP contribution < -0.4 is 0 Å². The van der Waals surface area contributed by atoms with Gasteiger partial charge in [-0.2, -0.15) is 0 Å². The normalized spacial score (nSPS) is 9.69. The first-order valence-corrected chi connectivity index (χ1v) is 4.02. The second-order valence-corrected chi connectivity index (χ2v) is 3.05. The highest BCUT2D eigenvalue weighted by atomic mass is 16.3. The lowest BCUT2D eigenvalue weighted by Gasteiger charge is -2.05. The number of Topliss-reactive ketones (excluding diaryl/α,β-unsaturated/α-hetero) is 1. The second-order valence-electron chi connectivity index (χ2n) is 3.05. The first-order chi connectivity index (χ1) is 6.02. The Balaban J connectivity index is 3.35. The Morgan fingerprint density at radius 1 is 1.38 bits per heavy atom. The van der Waals surface area contributed by atoms with Gasteiger partial charge in [-0.25, -0.2) is 0 Å². The van der Waals surface area contributed by atoms with Crippen LogP contribution in [0, 0.1) is 6.92 Å². The van der Waals surface area contributed by atoms with Gasteiger partial charge < -0.3 is 5.11 Å². The topological polar surface area (TPSA) is 37.3 Å². The predicted molar refractivity (Wildman–Crippen MR) is 52.8 cm³/mol. The van der Waals surface area contributed by atoms with Gasteiger partial charge in [-0.1, -0.05) is 24.3 Å². The number of carbonyl (C=O) groups is 1. The van der Waals surface area contributed by atoms with Gasteiger partial charge in [-0.15, -0.1) is 0 Å². The maximum Gasteiger partial charge on any atom is 0.160 e. The van der Waals surface area contributed by atoms with Crippen molar-refractivity contribution in [1.82, 2.24) is 0 Å². The van der Waals surface area contributed by atoms with Crippen LogP contribution in [-0.4, -0.2) is 10.9 Å². The summed E-state index contributed by atoms with van der Waals surface area (Å²) in [6.45, 7) is 6.77. The monoisotopic (exact) mass is 176 g/mol. The van der Waals surface area contributed by atoms with E-state index < -0.39 is 0 Å². The molecule has 0 unspecified atom stereocenters. The Morgan fingerprint density at radius 3 is 2.46 bits per heavy atom. The lowest BCUT2D eigenvalue weighted by Crippen LogP contribution is -1.99. The van der Waals surface area contributed by atoms with Crippen molar-refractivity contribution in [2.24, 2.45) is 0 Å². The molecule has 2 heteroatoms. The van der Waals surface area contributed by atoms with E-state index in [0.717, 1.165) is 5.56 Å². The van der Waals surface area contributed by atoms with Gasteiger partial charge in [0.2, 0.25) is 0 Å². The maximum atomic E-state index is 11.2. The molecule has 0 atom stereocenters. The number of aliphatic hydroxyl groups is 1. The van der Waals surface area contributed by atoms with Gasteiger partial charge in [0.05, 0.1) is 0 Å². The van der Waals surface area contributed by atoms with E-state index in [-0.39, 0.29) is 11.5 Å². The maximum absolute atomic E-state index is 11.2. The van der Waals surface area contributed by atoms with Crippen LogP contribution in [0.4, 0.5) is 0 Å². The molecule has 1 rings (SSSR count). The van der Waals surface area contributed by atoms with Gasteiger partial charge in [-0.05, 0) is 19.9 Å². The molecule has 2 nitrogen and oxygen atoms in total. The molecule has 1 aromatic rings. The summed E-state index contributed by atoms with van der Waals surface area (Å²) in [4.78, 5) is 11.2. The molecular weight excluding hydrogens is 164 g/mol. The largest absolute Gasteiger partial charge is 0.508 e. The summed E-state index contributed by atoms with van der Waals surface area (Å²) in [6.07, 6.45) is 0. The number of carbonyl (C=O) groups excluding carboxylic acids is 1. The van der Waals surface area contributed by atoms with Crippen LogP contribution in [0.3, 0.4) is 0 Å². The van der Waals surface area contributed by atoms with Crippen LogP contribution in [0.5, 0.6) is 0 Å². The van der Waals surface area contributed by atoms with Crippen molar-refractivity contribution in [2.75, 3.05) is 0 Å². The van der Waals surface area contributed by atoms with Crippen LogP contribution in [0.1, 0.15) is 28.4 Å². The van der Waals surface area contributed by atoms with Gasteiger partial charge in [0, 0.05) is 11.1 Å². The zero-order valence-electron chi connectivity index (χ0n) is 7.79. The molecular formula is C11H12O2. The highest BCUT2D eigenvalue weighted by molar-refractivity contribution is 5.98. The molecule has 68 valence electrons. The third kappa shape index (κ3) is 1.96. The number of hydrogen-bond donors (Lipinski definition) is 1. The fourth-order valence-corrected chi connectivity index (χ4v) is 1.20. The summed E-state index contributed by atoms with van der Waals surface area (Å²) in [5, 5.41) is 9.20. The van der Waals surface area contributed by atoms with Gasteiger partial charge in [0.25, 0.3) is 0 Å². The van der Waals surface area contributed by atoms with E-state index in [9.17, 15) is 9.90 Å². The number of hydrogen-bond acceptors (Lipinski definition) is 2. The van der Waals surface area contributed by atoms with E-state index in [1.54, 1.807) is 12.1 Å². The molecule has 0 fully saturated rings. The van der Waals surface area contributed by atoms with Gasteiger partial charge in [0.15, 0.2) is 5.78 Å². The summed E-state index contributed by atoms with van der Waals surface area (Å²) >= 11 is 0. The van der Waals surface area contributed by atoms with Crippen molar-refractivity contribution in [2.45, 2.75) is 13.8 Å². The number of rotatable bonds is 2. The van der Waals surface area contributed by atoms with Crippen molar-refractivity contribution in [1.29, 1.82) is 0 Å². The van der Waals surface area contributed by atoms with Crippen molar-refractivity contribution in [3.05, 3.63) is 41.5 Å². The first-order valence-electron chi connectivity index (χ1n) is 4.02. The van der Waals surface area contributed by atoms with E-state index in [0.29, 0.717) is 11.1 Å². The molecule has 13 heavy (non-hydrogen) atoms. The van der Waals surface area contributed by atoms with Crippen LogP contribution >= 0.6 is 0 Å². The van der Waals surface area contributed by atoms with Crippen molar-refractivity contribution in [3.8, 4) is 0 Å². The SMILES string of the molecule is C=C(O)c1ccc(C)cc1C(C)=O. The number of benzene rings is 1. The molecule has 1 N–H and O–H groups in total. The molecule has 0 heterocycles. The van der Waals surface area contributed by atoms with Crippen molar-refractivity contribution < 1.29 is 9.90 Å². The molecule has 0 amide bonds. The van der Waals surface area contributed by atoms with E-state index in [2.05, 4.69) is 6.58 Å². The molecule has 0 bridgehead atoms. The Kier molecular flexibility index (Phi) is 2.52. The third-order valence-electron chi connectivity index (χ3n) is 1.87. The summed E-state index contributed by atoms with van der Waals surface area (Å²) < 4.78 is 0. The Bertz CT molecular complexity index is 364. The minimum Gasteiger partial charge on any atom is -0.508 e. The summed E-state index contributed by atoms with van der Waals surface area (Å²) in [5.74, 6) is -0.126. The average molecular weight is 176 g/mol. The van der Waals surface area contributed by atoms with E-state index in [4.69, 9.17) is 0 Å². The zero-order chi connectivity index (χ0) is 10.0. The third-order valence-corrected chi connectivity index (χ3v) is 1.87. The van der Waals surface area contributed by atoms with Crippen molar-refractivity contribution in [3.63, 3.8) is 0 Å². The smallest absolute Gasteiger partial charge is 0.160 e. The predicted octanol–water partition coefficient (Wildman–Crippen LogP) is 2.73. The molecule has 0 saturated carbocycles. The van der Waals surface area contributed by atoms with E-state index in [1.807, 2.05) is 13.0 Å². The standard InChI is InChI=1S/C11H12O2/c1-7-4-5-10(8(2)12)11(6-7)9(3)13/h4-6,12H,2H2,1,3H3. The first kappa shape index (κ1) is 9.52.